The monoisotopic (exact) mass is 363 g/mol. The number of methoxy groups -OCH3 is 2. The minimum atomic E-state index is 0.364. The lowest BCUT2D eigenvalue weighted by atomic mass is 10.2. The molecule has 0 heterocycles. The molecule has 0 fully saturated rings. The van der Waals surface area contributed by atoms with Crippen molar-refractivity contribution in [2.45, 2.75) is 6.54 Å². The molecule has 0 radical (unpaired) electrons. The summed E-state index contributed by atoms with van der Waals surface area (Å²) in [4.78, 5) is 0. The Bertz CT molecular complexity index is 454. The van der Waals surface area contributed by atoms with E-state index in [0.717, 1.165) is 16.6 Å². The maximum Gasteiger partial charge on any atom is 0.166 e. The second-order valence-corrected chi connectivity index (χ2v) is 5.63. The minimum Gasteiger partial charge on any atom is -0.493 e. The predicted octanol–water partition coefficient (Wildman–Crippen LogP) is 3.37. The molecule has 0 bridgehead atoms. The molecule has 1 rings (SSSR count). The minimum absolute atomic E-state index is 0.364. The van der Waals surface area contributed by atoms with Gasteiger partial charge in [0.2, 0.25) is 0 Å². The van der Waals surface area contributed by atoms with Crippen LogP contribution in [0.25, 0.3) is 0 Å². The molecule has 112 valence electrons. The Morgan fingerprint density at radius 2 is 2.15 bits per heavy atom. The number of hydrogen-bond donors (Lipinski definition) is 1. The Labute approximate surface area is 133 Å². The fourth-order valence-corrected chi connectivity index (χ4v) is 1.96. The van der Waals surface area contributed by atoms with Crippen molar-refractivity contribution in [3.63, 3.8) is 0 Å². The van der Waals surface area contributed by atoms with Gasteiger partial charge in [-0.05, 0) is 6.07 Å². The first-order valence-corrected chi connectivity index (χ1v) is 7.27. The van der Waals surface area contributed by atoms with Gasteiger partial charge in [-0.1, -0.05) is 34.1 Å². The molecule has 1 N–H and O–H groups in total. The molecule has 0 aliphatic rings. The predicted molar refractivity (Wildman–Crippen MR) is 85.1 cm³/mol. The summed E-state index contributed by atoms with van der Waals surface area (Å²) in [6.07, 6.45) is 0. The normalized spacial score (nSPS) is 10.4. The molecule has 0 aliphatic carbocycles. The van der Waals surface area contributed by atoms with Gasteiger partial charge >= 0.3 is 0 Å². The fraction of sp³-hybridized carbons (Fsp3) is 0.429. The molecule has 20 heavy (non-hydrogen) atoms. The average Bonchev–Trinajstić information content (AvgIpc) is 2.41. The second-order valence-electron chi connectivity index (χ2n) is 4.07. The molecular formula is C14H19BrClNO3. The summed E-state index contributed by atoms with van der Waals surface area (Å²) in [6.45, 7) is 6.12. The third-order valence-electron chi connectivity index (χ3n) is 2.49. The van der Waals surface area contributed by atoms with Crippen LogP contribution in [0.1, 0.15) is 5.56 Å². The molecular weight excluding hydrogens is 346 g/mol. The lowest BCUT2D eigenvalue weighted by molar-refractivity contribution is 0.199. The summed E-state index contributed by atoms with van der Waals surface area (Å²) in [5.74, 6) is 1.28. The van der Waals surface area contributed by atoms with Gasteiger partial charge in [-0.3, -0.25) is 0 Å². The van der Waals surface area contributed by atoms with Gasteiger partial charge in [0, 0.05) is 41.3 Å². The van der Waals surface area contributed by atoms with Gasteiger partial charge in [-0.15, -0.1) is 0 Å². The highest BCUT2D eigenvalue weighted by atomic mass is 79.9. The van der Waals surface area contributed by atoms with Crippen LogP contribution in [0.5, 0.6) is 11.5 Å². The number of benzene rings is 1. The lowest BCUT2D eigenvalue weighted by Gasteiger charge is -2.16. The highest BCUT2D eigenvalue weighted by Gasteiger charge is 2.13. The fourth-order valence-electron chi connectivity index (χ4n) is 1.62. The zero-order chi connectivity index (χ0) is 15.0. The second kappa shape index (κ2) is 9.23. The van der Waals surface area contributed by atoms with E-state index in [0.29, 0.717) is 36.3 Å². The highest BCUT2D eigenvalue weighted by Crippen LogP contribution is 2.35. The van der Waals surface area contributed by atoms with Gasteiger partial charge in [-0.2, -0.15) is 0 Å². The van der Waals surface area contributed by atoms with Gasteiger partial charge in [-0.25, -0.2) is 0 Å². The van der Waals surface area contributed by atoms with E-state index in [1.807, 2.05) is 6.07 Å². The Morgan fingerprint density at radius 3 is 2.75 bits per heavy atom. The molecule has 1 aromatic carbocycles. The van der Waals surface area contributed by atoms with Crippen LogP contribution < -0.4 is 14.8 Å². The van der Waals surface area contributed by atoms with E-state index in [9.17, 15) is 0 Å². The van der Waals surface area contributed by atoms with Crippen LogP contribution >= 0.6 is 27.5 Å². The molecule has 0 amide bonds. The van der Waals surface area contributed by atoms with Crippen molar-refractivity contribution >= 4 is 27.5 Å². The Kier molecular flexibility index (Phi) is 7.99. The third-order valence-corrected chi connectivity index (χ3v) is 2.94. The number of ether oxygens (including phenoxy) is 3. The zero-order valence-corrected chi connectivity index (χ0v) is 14.0. The molecule has 0 saturated heterocycles. The van der Waals surface area contributed by atoms with Gasteiger partial charge in [0.1, 0.15) is 6.61 Å². The maximum absolute atomic E-state index is 6.09. The van der Waals surface area contributed by atoms with Crippen molar-refractivity contribution in [1.29, 1.82) is 0 Å². The van der Waals surface area contributed by atoms with Crippen LogP contribution in [0.3, 0.4) is 0 Å². The van der Waals surface area contributed by atoms with Crippen molar-refractivity contribution in [2.24, 2.45) is 0 Å². The van der Waals surface area contributed by atoms with E-state index >= 15 is 0 Å². The smallest absolute Gasteiger partial charge is 0.166 e. The standard InChI is InChI=1S/C14H19BrClNO3/c1-10(15)9-20-14-11(8-17-4-5-18-2)6-12(16)7-13(14)19-3/h6-7,17H,1,4-5,8-9H2,2-3H3. The van der Waals surface area contributed by atoms with Gasteiger partial charge in [0.15, 0.2) is 11.5 Å². The Balaban J connectivity index is 2.87. The van der Waals surface area contributed by atoms with Gasteiger partial charge < -0.3 is 19.5 Å². The van der Waals surface area contributed by atoms with Crippen LogP contribution in [0.15, 0.2) is 23.2 Å². The first kappa shape index (κ1) is 17.3. The van der Waals surface area contributed by atoms with Gasteiger partial charge in [0.05, 0.1) is 13.7 Å². The van der Waals surface area contributed by atoms with E-state index in [2.05, 4.69) is 27.8 Å². The molecule has 6 heteroatoms. The van der Waals surface area contributed by atoms with Gasteiger partial charge in [0.25, 0.3) is 0 Å². The van der Waals surface area contributed by atoms with Crippen molar-refractivity contribution in [3.05, 3.63) is 33.8 Å². The Morgan fingerprint density at radius 1 is 1.40 bits per heavy atom. The van der Waals surface area contributed by atoms with Crippen molar-refractivity contribution in [1.82, 2.24) is 5.32 Å². The SMILES string of the molecule is C=C(Br)COc1c(CNCCOC)cc(Cl)cc1OC. The maximum atomic E-state index is 6.09. The zero-order valence-electron chi connectivity index (χ0n) is 11.7. The van der Waals surface area contributed by atoms with E-state index in [-0.39, 0.29) is 0 Å². The first-order chi connectivity index (χ1) is 9.58. The summed E-state index contributed by atoms with van der Waals surface area (Å²) >= 11 is 9.36. The molecule has 0 atom stereocenters. The molecule has 1 aromatic rings. The number of nitrogens with one attached hydrogen (secondary N) is 1. The largest absolute Gasteiger partial charge is 0.493 e. The summed E-state index contributed by atoms with van der Waals surface area (Å²) in [5.41, 5.74) is 0.930. The van der Waals surface area contributed by atoms with Crippen LogP contribution in [0, 0.1) is 0 Å². The molecule has 4 nitrogen and oxygen atoms in total. The van der Waals surface area contributed by atoms with E-state index in [1.54, 1.807) is 20.3 Å². The summed E-state index contributed by atoms with van der Waals surface area (Å²) in [6, 6.07) is 3.59. The highest BCUT2D eigenvalue weighted by molar-refractivity contribution is 9.11. The average molecular weight is 365 g/mol. The summed E-state index contributed by atoms with van der Waals surface area (Å²) in [7, 11) is 3.25. The Hall–Kier alpha value is -0.750. The first-order valence-electron chi connectivity index (χ1n) is 6.10. The molecule has 0 spiro atoms. The molecule has 0 unspecified atom stereocenters. The summed E-state index contributed by atoms with van der Waals surface area (Å²) in [5, 5.41) is 3.86. The molecule has 0 aromatic heterocycles. The van der Waals surface area contributed by atoms with Crippen LogP contribution in [-0.2, 0) is 11.3 Å². The topological polar surface area (TPSA) is 39.7 Å². The third kappa shape index (κ3) is 5.71. The lowest BCUT2D eigenvalue weighted by Crippen LogP contribution is -2.19. The summed E-state index contributed by atoms with van der Waals surface area (Å²) < 4.78 is 16.8. The molecule has 0 saturated carbocycles. The van der Waals surface area contributed by atoms with E-state index < -0.39 is 0 Å². The molecule has 0 aliphatic heterocycles. The number of hydrogen-bond acceptors (Lipinski definition) is 4. The number of halogens is 2. The van der Waals surface area contributed by atoms with Crippen molar-refractivity contribution in [3.8, 4) is 11.5 Å². The van der Waals surface area contributed by atoms with Crippen LogP contribution in [0.2, 0.25) is 5.02 Å². The van der Waals surface area contributed by atoms with E-state index in [4.69, 9.17) is 25.8 Å². The number of rotatable bonds is 9. The van der Waals surface area contributed by atoms with Crippen LogP contribution in [0.4, 0.5) is 0 Å². The van der Waals surface area contributed by atoms with E-state index in [1.165, 1.54) is 0 Å². The van der Waals surface area contributed by atoms with Crippen LogP contribution in [-0.4, -0.2) is 34.0 Å². The quantitative estimate of drug-likeness (QED) is 0.682. The van der Waals surface area contributed by atoms with Crippen molar-refractivity contribution < 1.29 is 14.2 Å². The van der Waals surface area contributed by atoms with Crippen molar-refractivity contribution in [2.75, 3.05) is 34.0 Å².